The van der Waals surface area contributed by atoms with Crippen LogP contribution in [0.4, 0.5) is 0 Å². The van der Waals surface area contributed by atoms with E-state index in [0.717, 1.165) is 54.0 Å². The van der Waals surface area contributed by atoms with Gasteiger partial charge in [-0.3, -0.25) is 4.57 Å². The molecule has 196 valence electrons. The van der Waals surface area contributed by atoms with E-state index >= 15 is 0 Å². The highest BCUT2D eigenvalue weighted by atomic mass is 32.1. The van der Waals surface area contributed by atoms with Crippen molar-refractivity contribution in [2.45, 2.75) is 0 Å². The molecule has 6 aromatic carbocycles. The van der Waals surface area contributed by atoms with Crippen LogP contribution in [0.5, 0.6) is 0 Å². The molecule has 42 heavy (non-hydrogen) atoms. The Balaban J connectivity index is 1.26. The average Bonchev–Trinajstić information content (AvgIpc) is 3.79. The van der Waals surface area contributed by atoms with Crippen molar-refractivity contribution < 1.29 is 4.42 Å². The smallest absolute Gasteiger partial charge is 0.195 e. The Morgan fingerprint density at radius 3 is 1.83 bits per heavy atom. The van der Waals surface area contributed by atoms with E-state index in [1.54, 1.807) is 11.3 Å². The predicted molar refractivity (Wildman–Crippen MR) is 176 cm³/mol. The number of nitrogens with zero attached hydrogens (tertiary/aromatic N) is 3. The van der Waals surface area contributed by atoms with Gasteiger partial charge >= 0.3 is 0 Å². The average molecular weight is 556 g/mol. The second-order valence-electron chi connectivity index (χ2n) is 10.8. The van der Waals surface area contributed by atoms with Crippen LogP contribution in [0.3, 0.4) is 0 Å². The molecule has 0 radical (unpaired) electrons. The lowest BCUT2D eigenvalue weighted by atomic mass is 10.1. The normalized spacial score (nSPS) is 12.3. The van der Waals surface area contributed by atoms with Crippen molar-refractivity contribution in [2.75, 3.05) is 0 Å². The minimum absolute atomic E-state index is 0.874. The summed E-state index contributed by atoms with van der Waals surface area (Å²) in [7, 11) is 0. The van der Waals surface area contributed by atoms with Crippen molar-refractivity contribution in [1.29, 1.82) is 0 Å². The first-order chi connectivity index (χ1) is 20.8. The molecule has 0 N–H and O–H groups in total. The summed E-state index contributed by atoms with van der Waals surface area (Å²) in [5.41, 5.74) is 8.63. The maximum atomic E-state index is 6.17. The topological polar surface area (TPSA) is 35.9 Å². The third-order valence-electron chi connectivity index (χ3n) is 8.57. The van der Waals surface area contributed by atoms with Gasteiger partial charge in [0.25, 0.3) is 0 Å². The Morgan fingerprint density at radius 1 is 0.500 bits per heavy atom. The highest BCUT2D eigenvalue weighted by Gasteiger charge is 2.20. The van der Waals surface area contributed by atoms with Gasteiger partial charge in [-0.1, -0.05) is 84.1 Å². The molecule has 4 aromatic heterocycles. The molecule has 0 aliphatic rings. The first-order valence-corrected chi connectivity index (χ1v) is 14.9. The van der Waals surface area contributed by atoms with Gasteiger partial charge in [0.05, 0.1) is 37.7 Å². The molecule has 0 saturated heterocycles. The fourth-order valence-corrected chi connectivity index (χ4v) is 7.79. The third-order valence-corrected chi connectivity index (χ3v) is 9.58. The summed E-state index contributed by atoms with van der Waals surface area (Å²) in [6.45, 7) is 0. The van der Waals surface area contributed by atoms with Crippen molar-refractivity contribution in [3.63, 3.8) is 0 Å². The number of fused-ring (bicyclic) bond motifs is 11. The van der Waals surface area contributed by atoms with E-state index < -0.39 is 0 Å². The third kappa shape index (κ3) is 2.88. The lowest BCUT2D eigenvalue weighted by Crippen LogP contribution is -1.95. The highest BCUT2D eigenvalue weighted by molar-refractivity contribution is 7.21. The lowest BCUT2D eigenvalue weighted by molar-refractivity contribution is 0.669. The van der Waals surface area contributed by atoms with Crippen molar-refractivity contribution in [1.82, 2.24) is 14.1 Å². The molecule has 0 unspecified atom stereocenters. The van der Waals surface area contributed by atoms with Gasteiger partial charge in [0.1, 0.15) is 11.2 Å². The minimum atomic E-state index is 0.874. The lowest BCUT2D eigenvalue weighted by Gasteiger charge is -2.09. The van der Waals surface area contributed by atoms with Gasteiger partial charge in [-0.2, -0.15) is 0 Å². The zero-order valence-corrected chi connectivity index (χ0v) is 23.1. The molecule has 10 rings (SSSR count). The number of furan rings is 1. The van der Waals surface area contributed by atoms with Gasteiger partial charge in [-0.25, -0.2) is 4.98 Å². The fourth-order valence-electron chi connectivity index (χ4n) is 6.79. The molecular weight excluding hydrogens is 534 g/mol. The maximum absolute atomic E-state index is 6.17. The summed E-state index contributed by atoms with van der Waals surface area (Å²) in [4.78, 5) is 5.28. The van der Waals surface area contributed by atoms with Crippen LogP contribution in [0.15, 0.2) is 132 Å². The van der Waals surface area contributed by atoms with E-state index in [9.17, 15) is 0 Å². The molecule has 0 amide bonds. The van der Waals surface area contributed by atoms with E-state index in [0.29, 0.717) is 0 Å². The molecular formula is C37H21N3OS. The van der Waals surface area contributed by atoms with E-state index in [2.05, 4.69) is 124 Å². The van der Waals surface area contributed by atoms with Gasteiger partial charge in [0.2, 0.25) is 0 Å². The molecule has 0 aliphatic heterocycles. The zero-order chi connectivity index (χ0) is 27.4. The van der Waals surface area contributed by atoms with Crippen LogP contribution in [0.25, 0.3) is 86.6 Å². The molecule has 5 heteroatoms. The Morgan fingerprint density at radius 2 is 1.10 bits per heavy atom. The summed E-state index contributed by atoms with van der Waals surface area (Å²) in [5, 5.41) is 8.11. The molecule has 4 nitrogen and oxygen atoms in total. The van der Waals surface area contributed by atoms with E-state index in [1.165, 1.54) is 32.6 Å². The Kier molecular flexibility index (Phi) is 4.30. The number of thiazole rings is 1. The van der Waals surface area contributed by atoms with Gasteiger partial charge in [-0.05, 0) is 54.6 Å². The zero-order valence-electron chi connectivity index (χ0n) is 22.3. The van der Waals surface area contributed by atoms with Gasteiger partial charge in [0, 0.05) is 32.6 Å². The standard InChI is InChI=1S/C37H21N3OS/c1-5-13-28-23(9-1)24-10-2-6-14-29(24)39(28)22-17-18-31-27(21-22)25-11-3-7-15-30(25)40(31)37-38-36-34(42-37)20-19-33-35(36)26-12-4-8-16-32(26)41-33/h1-21H. The van der Waals surface area contributed by atoms with Gasteiger partial charge in [-0.15, -0.1) is 0 Å². The largest absolute Gasteiger partial charge is 0.456 e. The number of hydrogen-bond acceptors (Lipinski definition) is 3. The number of rotatable bonds is 2. The van der Waals surface area contributed by atoms with Crippen molar-refractivity contribution in [2.24, 2.45) is 0 Å². The molecule has 10 aromatic rings. The van der Waals surface area contributed by atoms with Crippen LogP contribution in [-0.4, -0.2) is 14.1 Å². The Hall–Kier alpha value is -5.39. The van der Waals surface area contributed by atoms with Gasteiger partial charge in [0.15, 0.2) is 5.13 Å². The van der Waals surface area contributed by atoms with Crippen molar-refractivity contribution >= 4 is 87.1 Å². The Labute approximate surface area is 243 Å². The quantitative estimate of drug-likeness (QED) is 0.213. The van der Waals surface area contributed by atoms with Crippen molar-refractivity contribution in [3.8, 4) is 10.8 Å². The number of aromatic nitrogens is 3. The van der Waals surface area contributed by atoms with E-state index in [4.69, 9.17) is 9.40 Å². The number of benzene rings is 6. The Bertz CT molecular complexity index is 2650. The number of para-hydroxylation sites is 4. The van der Waals surface area contributed by atoms with Gasteiger partial charge < -0.3 is 8.98 Å². The molecule has 0 bridgehead atoms. The minimum Gasteiger partial charge on any atom is -0.456 e. The monoisotopic (exact) mass is 555 g/mol. The van der Waals surface area contributed by atoms with Crippen LogP contribution >= 0.6 is 11.3 Å². The molecule has 0 aliphatic carbocycles. The predicted octanol–water partition coefficient (Wildman–Crippen LogP) is 10.4. The summed E-state index contributed by atoms with van der Waals surface area (Å²) in [6.07, 6.45) is 0. The first-order valence-electron chi connectivity index (χ1n) is 14.1. The van der Waals surface area contributed by atoms with E-state index in [1.807, 2.05) is 12.1 Å². The number of hydrogen-bond donors (Lipinski definition) is 0. The molecule has 0 spiro atoms. The second kappa shape index (κ2) is 8.09. The summed E-state index contributed by atoms with van der Waals surface area (Å²) in [5.74, 6) is 0. The van der Waals surface area contributed by atoms with Crippen LogP contribution in [0, 0.1) is 0 Å². The highest BCUT2D eigenvalue weighted by Crippen LogP contribution is 2.41. The van der Waals surface area contributed by atoms with Crippen LogP contribution in [0.2, 0.25) is 0 Å². The summed E-state index contributed by atoms with van der Waals surface area (Å²) >= 11 is 1.72. The molecule has 0 atom stereocenters. The second-order valence-corrected chi connectivity index (χ2v) is 11.8. The van der Waals surface area contributed by atoms with E-state index in [-0.39, 0.29) is 0 Å². The molecule has 4 heterocycles. The van der Waals surface area contributed by atoms with Crippen LogP contribution < -0.4 is 0 Å². The molecule has 0 fully saturated rings. The summed E-state index contributed by atoms with van der Waals surface area (Å²) < 4.78 is 12.0. The maximum Gasteiger partial charge on any atom is 0.195 e. The summed E-state index contributed by atoms with van der Waals surface area (Å²) in [6, 6.07) is 45.2. The fraction of sp³-hybridized carbons (Fsp3) is 0. The first kappa shape index (κ1) is 22.3. The van der Waals surface area contributed by atoms with Crippen LogP contribution in [0.1, 0.15) is 0 Å². The van der Waals surface area contributed by atoms with Crippen LogP contribution in [-0.2, 0) is 0 Å². The SMILES string of the molecule is c1ccc2c(c1)oc1ccc3sc(-n4c5ccccc5c5cc(-n6c7ccccc7c7ccccc76)ccc54)nc3c12. The molecule has 0 saturated carbocycles. The van der Waals surface area contributed by atoms with Crippen molar-refractivity contribution in [3.05, 3.63) is 127 Å².